The van der Waals surface area contributed by atoms with Crippen molar-refractivity contribution in [1.82, 2.24) is 5.32 Å². The number of aryl methyl sites for hydroxylation is 1. The second-order valence-corrected chi connectivity index (χ2v) is 8.44. The number of hydrogen-bond donors (Lipinski definition) is 2. The van der Waals surface area contributed by atoms with Crippen molar-refractivity contribution in [1.29, 1.82) is 0 Å². The molecule has 2 aromatic carbocycles. The first-order valence-electron chi connectivity index (χ1n) is 10.5. The minimum Gasteiger partial charge on any atom is -0.496 e. The Bertz CT molecular complexity index is 912. The van der Waals surface area contributed by atoms with E-state index in [4.69, 9.17) is 25.8 Å². The minimum absolute atomic E-state index is 0.125. The van der Waals surface area contributed by atoms with Gasteiger partial charge >= 0.3 is 0 Å². The highest BCUT2D eigenvalue weighted by Gasteiger charge is 2.37. The zero-order chi connectivity index (χ0) is 22.4. The Morgan fingerprint density at radius 2 is 1.81 bits per heavy atom. The van der Waals surface area contributed by atoms with E-state index >= 15 is 0 Å². The molecule has 0 bridgehead atoms. The number of rotatable bonds is 8. The van der Waals surface area contributed by atoms with E-state index in [1.807, 2.05) is 13.0 Å². The molecule has 1 unspecified atom stereocenters. The maximum absolute atomic E-state index is 12.8. The van der Waals surface area contributed by atoms with Crippen molar-refractivity contribution in [2.75, 3.05) is 39.3 Å². The highest BCUT2D eigenvalue weighted by Crippen LogP contribution is 2.40. The summed E-state index contributed by atoms with van der Waals surface area (Å²) in [6, 6.07) is 11.1. The van der Waals surface area contributed by atoms with Crippen LogP contribution in [0.3, 0.4) is 0 Å². The first-order valence-corrected chi connectivity index (χ1v) is 10.9. The van der Waals surface area contributed by atoms with E-state index in [-0.39, 0.29) is 11.3 Å². The molecule has 1 atom stereocenters. The third-order valence-corrected chi connectivity index (χ3v) is 6.23. The molecule has 2 aromatic rings. The number of ether oxygens (including phenoxy) is 3. The maximum atomic E-state index is 12.8. The minimum atomic E-state index is -0.392. The Morgan fingerprint density at radius 1 is 1.13 bits per heavy atom. The number of carbonyl (C=O) groups is 1. The van der Waals surface area contributed by atoms with Gasteiger partial charge in [-0.3, -0.25) is 4.79 Å². The van der Waals surface area contributed by atoms with Crippen LogP contribution in [0.2, 0.25) is 5.02 Å². The summed E-state index contributed by atoms with van der Waals surface area (Å²) in [5, 5.41) is 6.81. The van der Waals surface area contributed by atoms with Crippen molar-refractivity contribution < 1.29 is 19.0 Å². The molecule has 1 aliphatic heterocycles. The molecular formula is C24H31ClN2O4. The lowest BCUT2D eigenvalue weighted by molar-refractivity contribution is -0.117. The van der Waals surface area contributed by atoms with Crippen LogP contribution in [0.15, 0.2) is 36.4 Å². The van der Waals surface area contributed by atoms with Gasteiger partial charge in [-0.05, 0) is 51.0 Å². The largest absolute Gasteiger partial charge is 0.496 e. The molecular weight excluding hydrogens is 416 g/mol. The second-order valence-electron chi connectivity index (χ2n) is 8.04. The Kier molecular flexibility index (Phi) is 7.81. The Morgan fingerprint density at radius 3 is 2.45 bits per heavy atom. The molecule has 1 heterocycles. The van der Waals surface area contributed by atoms with Gasteiger partial charge in [0.2, 0.25) is 5.91 Å². The summed E-state index contributed by atoms with van der Waals surface area (Å²) in [6.07, 6.45) is 1.73. The Balaban J connectivity index is 1.72. The standard InChI is InChI=1S/C24H31ClN2O4/c1-16-5-7-21(29-3)19(13-16)24(9-11-31-12-10-24)15-26-17(2)23(28)27-18-6-8-22(30-4)20(25)14-18/h5-8,13-14,17,26H,9-12,15H2,1-4H3,(H,27,28). The van der Waals surface area contributed by atoms with Gasteiger partial charge in [0, 0.05) is 36.4 Å². The summed E-state index contributed by atoms with van der Waals surface area (Å²) in [6.45, 7) is 5.96. The molecule has 7 heteroatoms. The number of carbonyl (C=O) groups excluding carboxylic acids is 1. The smallest absolute Gasteiger partial charge is 0.241 e. The summed E-state index contributed by atoms with van der Waals surface area (Å²) in [5.41, 5.74) is 2.82. The van der Waals surface area contributed by atoms with Crippen LogP contribution >= 0.6 is 11.6 Å². The molecule has 3 rings (SSSR count). The lowest BCUT2D eigenvalue weighted by Gasteiger charge is -2.39. The van der Waals surface area contributed by atoms with Crippen molar-refractivity contribution in [3.8, 4) is 11.5 Å². The van der Waals surface area contributed by atoms with E-state index in [1.165, 1.54) is 11.1 Å². The van der Waals surface area contributed by atoms with Gasteiger partial charge in [-0.1, -0.05) is 29.3 Å². The predicted molar refractivity (Wildman–Crippen MR) is 124 cm³/mol. The Hall–Kier alpha value is -2.28. The molecule has 0 aliphatic carbocycles. The Labute approximate surface area is 189 Å². The van der Waals surface area contributed by atoms with Crippen molar-refractivity contribution in [3.05, 3.63) is 52.5 Å². The fraction of sp³-hybridized carbons (Fsp3) is 0.458. The van der Waals surface area contributed by atoms with E-state index in [0.717, 1.165) is 18.6 Å². The van der Waals surface area contributed by atoms with Gasteiger partial charge in [0.1, 0.15) is 11.5 Å². The molecule has 0 saturated carbocycles. The van der Waals surface area contributed by atoms with Gasteiger partial charge in [0.05, 0.1) is 25.3 Å². The fourth-order valence-corrected chi connectivity index (χ4v) is 4.23. The molecule has 1 fully saturated rings. The zero-order valence-corrected chi connectivity index (χ0v) is 19.3. The van der Waals surface area contributed by atoms with Gasteiger partial charge in [-0.2, -0.15) is 0 Å². The quantitative estimate of drug-likeness (QED) is 0.631. The third-order valence-electron chi connectivity index (χ3n) is 5.94. The molecule has 168 valence electrons. The van der Waals surface area contributed by atoms with Gasteiger partial charge < -0.3 is 24.8 Å². The summed E-state index contributed by atoms with van der Waals surface area (Å²) < 4.78 is 16.5. The molecule has 31 heavy (non-hydrogen) atoms. The van der Waals surface area contributed by atoms with E-state index < -0.39 is 6.04 Å². The topological polar surface area (TPSA) is 68.8 Å². The van der Waals surface area contributed by atoms with Crippen LogP contribution in [-0.2, 0) is 14.9 Å². The number of amides is 1. The first-order chi connectivity index (χ1) is 14.9. The van der Waals surface area contributed by atoms with E-state index in [0.29, 0.717) is 36.2 Å². The number of hydrogen-bond acceptors (Lipinski definition) is 5. The van der Waals surface area contributed by atoms with Crippen LogP contribution in [0.5, 0.6) is 11.5 Å². The van der Waals surface area contributed by atoms with Gasteiger partial charge in [0.25, 0.3) is 0 Å². The van der Waals surface area contributed by atoms with Crippen molar-refractivity contribution in [3.63, 3.8) is 0 Å². The van der Waals surface area contributed by atoms with Crippen LogP contribution < -0.4 is 20.1 Å². The molecule has 1 aliphatic rings. The lowest BCUT2D eigenvalue weighted by Crippen LogP contribution is -2.48. The molecule has 2 N–H and O–H groups in total. The number of benzene rings is 2. The molecule has 0 radical (unpaired) electrons. The van der Waals surface area contributed by atoms with Crippen LogP contribution in [-0.4, -0.2) is 45.9 Å². The normalized spacial score (nSPS) is 16.4. The van der Waals surface area contributed by atoms with Crippen LogP contribution in [0.25, 0.3) is 0 Å². The van der Waals surface area contributed by atoms with E-state index in [2.05, 4.69) is 29.7 Å². The van der Waals surface area contributed by atoms with Crippen molar-refractivity contribution in [2.24, 2.45) is 0 Å². The average Bonchev–Trinajstić information content (AvgIpc) is 2.78. The number of halogens is 1. The second kappa shape index (κ2) is 10.4. The monoisotopic (exact) mass is 446 g/mol. The fourth-order valence-electron chi connectivity index (χ4n) is 3.98. The predicted octanol–water partition coefficient (Wildman–Crippen LogP) is 4.33. The molecule has 1 amide bonds. The van der Waals surface area contributed by atoms with Gasteiger partial charge in [-0.15, -0.1) is 0 Å². The SMILES string of the molecule is COc1ccc(NC(=O)C(C)NCC2(c3cc(C)ccc3OC)CCOCC2)cc1Cl. The zero-order valence-electron chi connectivity index (χ0n) is 18.6. The van der Waals surface area contributed by atoms with E-state index in [1.54, 1.807) is 32.4 Å². The van der Waals surface area contributed by atoms with Crippen LogP contribution in [0.4, 0.5) is 5.69 Å². The summed E-state index contributed by atoms with van der Waals surface area (Å²) in [4.78, 5) is 12.8. The maximum Gasteiger partial charge on any atom is 0.241 e. The first kappa shape index (κ1) is 23.4. The molecule has 0 aromatic heterocycles. The molecule has 0 spiro atoms. The van der Waals surface area contributed by atoms with Crippen molar-refractivity contribution in [2.45, 2.75) is 38.1 Å². The number of anilines is 1. The number of nitrogens with one attached hydrogen (secondary N) is 2. The summed E-state index contributed by atoms with van der Waals surface area (Å²) in [5.74, 6) is 1.32. The van der Waals surface area contributed by atoms with Gasteiger partial charge in [0.15, 0.2) is 0 Å². The highest BCUT2D eigenvalue weighted by molar-refractivity contribution is 6.32. The molecule has 1 saturated heterocycles. The van der Waals surface area contributed by atoms with Crippen LogP contribution in [0.1, 0.15) is 30.9 Å². The summed E-state index contributed by atoms with van der Waals surface area (Å²) >= 11 is 6.17. The average molecular weight is 447 g/mol. The highest BCUT2D eigenvalue weighted by atomic mass is 35.5. The summed E-state index contributed by atoms with van der Waals surface area (Å²) in [7, 11) is 3.26. The van der Waals surface area contributed by atoms with E-state index in [9.17, 15) is 4.79 Å². The third kappa shape index (κ3) is 5.50. The number of methoxy groups -OCH3 is 2. The van der Waals surface area contributed by atoms with Crippen LogP contribution in [0, 0.1) is 6.92 Å². The van der Waals surface area contributed by atoms with Crippen molar-refractivity contribution >= 4 is 23.2 Å². The van der Waals surface area contributed by atoms with Gasteiger partial charge in [-0.25, -0.2) is 0 Å². The lowest BCUT2D eigenvalue weighted by atomic mass is 9.73. The molecule has 6 nitrogen and oxygen atoms in total.